The van der Waals surface area contributed by atoms with E-state index in [2.05, 4.69) is 74.3 Å². The third-order valence-corrected chi connectivity index (χ3v) is 11.2. The van der Waals surface area contributed by atoms with E-state index in [0.717, 1.165) is 57.2 Å². The second kappa shape index (κ2) is 40.0. The standard InChI is InChI=1S/C42H79NO2S2/c1-4-7-9-11-13-15-17-19-21-23-25-27-29-31-34-41(44)39-43(36-33-38-47-46-37-6-3)40-42(45)35-32-30-28-26-24-22-20-18-16-14-12-10-8-5-2/h13-16,19-22,41-42,44-45H,4-12,17-18,23-40H2,1-3H3/b15-13-,16-14-,21-19-,22-20-. The van der Waals surface area contributed by atoms with Crippen LogP contribution >= 0.6 is 21.6 Å². The van der Waals surface area contributed by atoms with Crippen molar-refractivity contribution in [2.45, 2.75) is 187 Å². The molecule has 0 saturated carbocycles. The molecule has 0 amide bonds. The molecule has 2 N–H and O–H groups in total. The van der Waals surface area contributed by atoms with Crippen LogP contribution in [0.4, 0.5) is 0 Å². The van der Waals surface area contributed by atoms with E-state index in [1.807, 2.05) is 21.6 Å². The smallest absolute Gasteiger partial charge is 0.0667 e. The summed E-state index contributed by atoms with van der Waals surface area (Å²) in [6.45, 7) is 9.10. The van der Waals surface area contributed by atoms with Gasteiger partial charge in [-0.3, -0.25) is 4.90 Å². The third-order valence-electron chi connectivity index (χ3n) is 8.49. The minimum absolute atomic E-state index is 0.294. The summed E-state index contributed by atoms with van der Waals surface area (Å²) in [7, 11) is 3.94. The molecule has 0 radical (unpaired) electrons. The van der Waals surface area contributed by atoms with Gasteiger partial charge >= 0.3 is 0 Å². The summed E-state index contributed by atoms with van der Waals surface area (Å²) in [5.41, 5.74) is 0. The van der Waals surface area contributed by atoms with Gasteiger partial charge in [0, 0.05) is 24.6 Å². The Kier molecular flexibility index (Phi) is 39.6. The monoisotopic (exact) mass is 694 g/mol. The van der Waals surface area contributed by atoms with Crippen molar-refractivity contribution >= 4 is 21.6 Å². The second-order valence-corrected chi connectivity index (χ2v) is 16.1. The second-order valence-electron chi connectivity index (χ2n) is 13.4. The zero-order chi connectivity index (χ0) is 34.3. The quantitative estimate of drug-likeness (QED) is 0.0385. The first-order valence-electron chi connectivity index (χ1n) is 20.1. The minimum Gasteiger partial charge on any atom is -0.392 e. The van der Waals surface area contributed by atoms with Gasteiger partial charge in [-0.25, -0.2) is 0 Å². The molecular weight excluding hydrogens is 615 g/mol. The van der Waals surface area contributed by atoms with Crippen molar-refractivity contribution in [1.82, 2.24) is 4.90 Å². The fourth-order valence-corrected chi connectivity index (χ4v) is 7.82. The molecule has 276 valence electrons. The van der Waals surface area contributed by atoms with Gasteiger partial charge in [0.05, 0.1) is 12.2 Å². The highest BCUT2D eigenvalue weighted by molar-refractivity contribution is 8.76. The number of rotatable bonds is 37. The van der Waals surface area contributed by atoms with Crippen molar-refractivity contribution in [2.24, 2.45) is 0 Å². The van der Waals surface area contributed by atoms with Crippen molar-refractivity contribution in [3.63, 3.8) is 0 Å². The lowest BCUT2D eigenvalue weighted by Gasteiger charge is -2.27. The Labute approximate surface area is 302 Å². The predicted octanol–water partition coefficient (Wildman–Crippen LogP) is 13.0. The lowest BCUT2D eigenvalue weighted by Crippen LogP contribution is -2.39. The average Bonchev–Trinajstić information content (AvgIpc) is 3.06. The third kappa shape index (κ3) is 38.2. The van der Waals surface area contributed by atoms with Crippen LogP contribution in [0.15, 0.2) is 48.6 Å². The van der Waals surface area contributed by atoms with Gasteiger partial charge in [-0.2, -0.15) is 0 Å². The number of allylic oxidation sites excluding steroid dienone is 8. The van der Waals surface area contributed by atoms with E-state index in [4.69, 9.17) is 0 Å². The van der Waals surface area contributed by atoms with Gasteiger partial charge < -0.3 is 10.2 Å². The van der Waals surface area contributed by atoms with E-state index < -0.39 is 0 Å². The summed E-state index contributed by atoms with van der Waals surface area (Å²) in [4.78, 5) is 2.34. The number of hydrogen-bond acceptors (Lipinski definition) is 5. The van der Waals surface area contributed by atoms with Crippen LogP contribution in [-0.4, -0.2) is 58.5 Å². The average molecular weight is 694 g/mol. The normalized spacial score (nSPS) is 13.8. The molecule has 0 aromatic rings. The van der Waals surface area contributed by atoms with Gasteiger partial charge in [0.1, 0.15) is 0 Å². The van der Waals surface area contributed by atoms with E-state index in [0.29, 0.717) is 13.1 Å². The molecule has 5 heteroatoms. The van der Waals surface area contributed by atoms with Crippen molar-refractivity contribution in [1.29, 1.82) is 0 Å². The Morgan fingerprint density at radius 3 is 1.28 bits per heavy atom. The van der Waals surface area contributed by atoms with Crippen LogP contribution in [0.3, 0.4) is 0 Å². The highest BCUT2D eigenvalue weighted by Gasteiger charge is 2.15. The Bertz CT molecular complexity index is 671. The molecule has 2 unspecified atom stereocenters. The molecule has 0 rings (SSSR count). The maximum atomic E-state index is 10.8. The Balaban J connectivity index is 4.15. The molecule has 0 spiro atoms. The largest absolute Gasteiger partial charge is 0.392 e. The first kappa shape index (κ1) is 46.5. The molecule has 0 saturated heterocycles. The SMILES string of the molecule is CCCCC/C=C\C/C=C\CCCCCCC(O)CN(CCCSSCCC)CC(O)CCCCCC/C=C\C/C=C\CCCCC. The summed E-state index contributed by atoms with van der Waals surface area (Å²) in [5, 5.41) is 21.7. The van der Waals surface area contributed by atoms with E-state index in [1.54, 1.807) is 0 Å². The van der Waals surface area contributed by atoms with Crippen LogP contribution in [-0.2, 0) is 0 Å². The fourth-order valence-electron chi connectivity index (χ4n) is 5.61. The lowest BCUT2D eigenvalue weighted by atomic mass is 10.1. The first-order valence-corrected chi connectivity index (χ1v) is 22.6. The molecule has 0 aromatic carbocycles. The highest BCUT2D eigenvalue weighted by atomic mass is 33.1. The molecule has 0 aliphatic heterocycles. The molecule has 47 heavy (non-hydrogen) atoms. The molecule has 3 nitrogen and oxygen atoms in total. The van der Waals surface area contributed by atoms with E-state index >= 15 is 0 Å². The molecule has 0 fully saturated rings. The van der Waals surface area contributed by atoms with Crippen molar-refractivity contribution in [3.8, 4) is 0 Å². The Hall–Kier alpha value is -0.460. The maximum absolute atomic E-state index is 10.8. The Morgan fingerprint density at radius 2 is 0.851 bits per heavy atom. The van der Waals surface area contributed by atoms with Crippen molar-refractivity contribution < 1.29 is 10.2 Å². The number of aliphatic hydroxyl groups excluding tert-OH is 2. The van der Waals surface area contributed by atoms with Crippen LogP contribution < -0.4 is 0 Å². The van der Waals surface area contributed by atoms with Crippen LogP contribution in [0, 0.1) is 0 Å². The van der Waals surface area contributed by atoms with E-state index in [1.165, 1.54) is 115 Å². The van der Waals surface area contributed by atoms with Gasteiger partial charge in [0.2, 0.25) is 0 Å². The fraction of sp³-hybridized carbons (Fsp3) is 0.810. The molecule has 0 heterocycles. The lowest BCUT2D eigenvalue weighted by molar-refractivity contribution is 0.0607. The van der Waals surface area contributed by atoms with Crippen LogP contribution in [0.1, 0.15) is 175 Å². The van der Waals surface area contributed by atoms with Gasteiger partial charge in [-0.05, 0) is 96.4 Å². The first-order chi connectivity index (χ1) is 23.1. The molecule has 2 atom stereocenters. The molecule has 0 aliphatic carbocycles. The summed E-state index contributed by atoms with van der Waals surface area (Å²) >= 11 is 0. The topological polar surface area (TPSA) is 43.7 Å². The summed E-state index contributed by atoms with van der Waals surface area (Å²) < 4.78 is 0. The van der Waals surface area contributed by atoms with Gasteiger partial charge in [0.25, 0.3) is 0 Å². The van der Waals surface area contributed by atoms with Gasteiger partial charge in [-0.1, -0.05) is 155 Å². The number of hydrogen-bond donors (Lipinski definition) is 2. The number of nitrogens with zero attached hydrogens (tertiary/aromatic N) is 1. The summed E-state index contributed by atoms with van der Waals surface area (Å²) in [6.07, 6.45) is 46.4. The zero-order valence-electron chi connectivity index (χ0n) is 31.4. The summed E-state index contributed by atoms with van der Waals surface area (Å²) in [5.74, 6) is 2.35. The van der Waals surface area contributed by atoms with Crippen LogP contribution in [0.25, 0.3) is 0 Å². The van der Waals surface area contributed by atoms with Crippen LogP contribution in [0.2, 0.25) is 0 Å². The van der Waals surface area contributed by atoms with Gasteiger partial charge in [-0.15, -0.1) is 0 Å². The highest BCUT2D eigenvalue weighted by Crippen LogP contribution is 2.22. The van der Waals surface area contributed by atoms with Gasteiger partial charge in [0.15, 0.2) is 0 Å². The molecule has 0 bridgehead atoms. The van der Waals surface area contributed by atoms with E-state index in [9.17, 15) is 10.2 Å². The van der Waals surface area contributed by atoms with Crippen molar-refractivity contribution in [3.05, 3.63) is 48.6 Å². The summed E-state index contributed by atoms with van der Waals surface area (Å²) in [6, 6.07) is 0. The van der Waals surface area contributed by atoms with Crippen molar-refractivity contribution in [2.75, 3.05) is 31.1 Å². The van der Waals surface area contributed by atoms with E-state index in [-0.39, 0.29) is 12.2 Å². The molecule has 0 aromatic heterocycles. The molecule has 0 aliphatic rings. The number of unbranched alkanes of at least 4 members (excludes halogenated alkanes) is 14. The Morgan fingerprint density at radius 1 is 0.447 bits per heavy atom. The maximum Gasteiger partial charge on any atom is 0.0667 e. The molecular formula is C42H79NO2S2. The minimum atomic E-state index is -0.294. The number of aliphatic hydroxyl groups is 2. The zero-order valence-corrected chi connectivity index (χ0v) is 33.1. The predicted molar refractivity (Wildman–Crippen MR) is 218 cm³/mol. The van der Waals surface area contributed by atoms with Crippen LogP contribution in [0.5, 0.6) is 0 Å².